The van der Waals surface area contributed by atoms with Crippen molar-refractivity contribution in [1.82, 2.24) is 4.90 Å². The zero-order valence-corrected chi connectivity index (χ0v) is 8.50. The number of rotatable bonds is 0. The highest BCUT2D eigenvalue weighted by Gasteiger charge is 2.11. The van der Waals surface area contributed by atoms with Crippen molar-refractivity contribution in [3.05, 3.63) is 23.8 Å². The second kappa shape index (κ2) is 5.30. The molecule has 0 atom stereocenters. The van der Waals surface area contributed by atoms with Crippen LogP contribution in [0.2, 0.25) is 0 Å². The maximum absolute atomic E-state index is 3.88. The van der Waals surface area contributed by atoms with Gasteiger partial charge in [0.25, 0.3) is 0 Å². The van der Waals surface area contributed by atoms with Crippen molar-refractivity contribution in [3.8, 4) is 0 Å². The van der Waals surface area contributed by atoms with Crippen LogP contribution in [0.3, 0.4) is 0 Å². The minimum absolute atomic E-state index is 1.08. The normalized spacial score (nSPS) is 17.5. The van der Waals surface area contributed by atoms with Crippen LogP contribution in [0.15, 0.2) is 23.8 Å². The van der Waals surface area contributed by atoms with Gasteiger partial charge in [-0.25, -0.2) is 0 Å². The molecule has 1 aliphatic heterocycles. The molecule has 0 aromatic carbocycles. The predicted octanol–water partition coefficient (Wildman–Crippen LogP) is 2.72. The Balaban J connectivity index is 0.000000461. The molecule has 0 spiro atoms. The Morgan fingerprint density at radius 3 is 2.27 bits per heavy atom. The molecule has 0 radical (unpaired) electrons. The molecular weight excluding hydrogens is 154 g/mol. The molecule has 1 saturated heterocycles. The van der Waals surface area contributed by atoms with Gasteiger partial charge in [-0.3, -0.25) is 0 Å². The van der Waals surface area contributed by atoms with Gasteiger partial charge in [0.1, 0.15) is 0 Å². The van der Waals surface area contributed by atoms with E-state index in [9.17, 15) is 0 Å². The SMILES string of the molecule is C=C1SCCN(C)C1=C.CC. The van der Waals surface area contributed by atoms with Crippen LogP contribution in [0.5, 0.6) is 0 Å². The number of hydrogen-bond acceptors (Lipinski definition) is 2. The summed E-state index contributed by atoms with van der Waals surface area (Å²) in [6.07, 6.45) is 0. The Bertz CT molecular complexity index is 152. The molecule has 1 rings (SSSR count). The van der Waals surface area contributed by atoms with E-state index in [1.54, 1.807) is 11.8 Å². The van der Waals surface area contributed by atoms with E-state index in [-0.39, 0.29) is 0 Å². The average molecular weight is 171 g/mol. The van der Waals surface area contributed by atoms with Crippen molar-refractivity contribution in [2.24, 2.45) is 0 Å². The maximum Gasteiger partial charge on any atom is 0.0423 e. The molecule has 1 aliphatic rings. The minimum Gasteiger partial charge on any atom is -0.373 e. The fourth-order valence-corrected chi connectivity index (χ4v) is 1.67. The Morgan fingerprint density at radius 2 is 1.91 bits per heavy atom. The third-order valence-corrected chi connectivity index (χ3v) is 2.46. The molecule has 0 aliphatic carbocycles. The number of hydrogen-bond donors (Lipinski definition) is 0. The smallest absolute Gasteiger partial charge is 0.0423 e. The molecule has 11 heavy (non-hydrogen) atoms. The lowest BCUT2D eigenvalue weighted by Crippen LogP contribution is -2.24. The van der Waals surface area contributed by atoms with Crippen molar-refractivity contribution in [2.45, 2.75) is 13.8 Å². The van der Waals surface area contributed by atoms with Gasteiger partial charge in [-0.1, -0.05) is 27.0 Å². The summed E-state index contributed by atoms with van der Waals surface area (Å²) < 4.78 is 0. The molecule has 1 nitrogen and oxygen atoms in total. The first-order valence-corrected chi connectivity index (χ1v) is 4.92. The highest BCUT2D eigenvalue weighted by atomic mass is 32.2. The molecular formula is C9H17NS. The Morgan fingerprint density at radius 1 is 1.36 bits per heavy atom. The summed E-state index contributed by atoms with van der Waals surface area (Å²) in [5.74, 6) is 1.15. The summed E-state index contributed by atoms with van der Waals surface area (Å²) in [4.78, 5) is 3.25. The van der Waals surface area contributed by atoms with Gasteiger partial charge >= 0.3 is 0 Å². The van der Waals surface area contributed by atoms with Crippen molar-refractivity contribution in [2.75, 3.05) is 19.3 Å². The lowest BCUT2D eigenvalue weighted by atomic mass is 10.4. The maximum atomic E-state index is 3.88. The first kappa shape index (κ1) is 10.6. The molecule has 0 bridgehead atoms. The summed E-state index contributed by atoms with van der Waals surface area (Å²) in [6, 6.07) is 0. The number of nitrogens with zero attached hydrogens (tertiary/aromatic N) is 1. The van der Waals surface area contributed by atoms with Crippen molar-refractivity contribution < 1.29 is 0 Å². The van der Waals surface area contributed by atoms with E-state index in [1.807, 2.05) is 20.9 Å². The average Bonchev–Trinajstić information content (AvgIpc) is 2.04. The van der Waals surface area contributed by atoms with Gasteiger partial charge in [-0.05, 0) is 0 Å². The fraction of sp³-hybridized carbons (Fsp3) is 0.556. The van der Waals surface area contributed by atoms with Gasteiger partial charge < -0.3 is 4.90 Å². The van der Waals surface area contributed by atoms with Crippen LogP contribution in [0.25, 0.3) is 0 Å². The van der Waals surface area contributed by atoms with Gasteiger partial charge in [-0.2, -0.15) is 0 Å². The quantitative estimate of drug-likeness (QED) is 0.551. The fourth-order valence-electron chi connectivity index (χ4n) is 0.737. The first-order valence-electron chi connectivity index (χ1n) is 3.94. The molecule has 64 valence electrons. The van der Waals surface area contributed by atoms with Gasteiger partial charge in [0.2, 0.25) is 0 Å². The van der Waals surface area contributed by atoms with Crippen LogP contribution in [-0.2, 0) is 0 Å². The zero-order valence-electron chi connectivity index (χ0n) is 7.68. The molecule has 2 heteroatoms. The second-order valence-electron chi connectivity index (χ2n) is 2.14. The molecule has 0 aromatic heterocycles. The monoisotopic (exact) mass is 171 g/mol. The zero-order chi connectivity index (χ0) is 8.85. The Hall–Kier alpha value is -0.370. The van der Waals surface area contributed by atoms with E-state index in [1.165, 1.54) is 0 Å². The molecule has 0 aromatic rings. The molecule has 0 amide bonds. The molecule has 0 saturated carbocycles. The van der Waals surface area contributed by atoms with Gasteiger partial charge in [0.05, 0.1) is 0 Å². The minimum atomic E-state index is 1.08. The molecule has 1 fully saturated rings. The van der Waals surface area contributed by atoms with Gasteiger partial charge in [0, 0.05) is 29.9 Å². The molecule has 0 N–H and O–H groups in total. The van der Waals surface area contributed by atoms with Crippen LogP contribution in [-0.4, -0.2) is 24.2 Å². The third-order valence-electron chi connectivity index (χ3n) is 1.49. The van der Waals surface area contributed by atoms with E-state index >= 15 is 0 Å². The Kier molecular flexibility index (Phi) is 5.12. The van der Waals surface area contributed by atoms with Crippen molar-refractivity contribution >= 4 is 11.8 Å². The summed E-state index contributed by atoms with van der Waals surface area (Å²) in [5.41, 5.74) is 1.08. The van der Waals surface area contributed by atoms with E-state index < -0.39 is 0 Å². The standard InChI is InChI=1S/C7H11NS.C2H6/c1-6-7(2)9-5-4-8(6)3;1-2/h1-2,4-5H2,3H3;1-2H3. The molecule has 1 heterocycles. The first-order chi connectivity index (χ1) is 5.22. The number of thioether (sulfide) groups is 1. The van der Waals surface area contributed by atoms with Crippen LogP contribution in [0, 0.1) is 0 Å². The van der Waals surface area contributed by atoms with Crippen molar-refractivity contribution in [1.29, 1.82) is 0 Å². The summed E-state index contributed by atoms with van der Waals surface area (Å²) in [6.45, 7) is 12.8. The summed E-state index contributed by atoms with van der Waals surface area (Å²) in [5, 5.41) is 0. The molecule has 0 unspecified atom stereocenters. The highest BCUT2D eigenvalue weighted by Crippen LogP contribution is 2.27. The van der Waals surface area contributed by atoms with Crippen LogP contribution >= 0.6 is 11.8 Å². The van der Waals surface area contributed by atoms with E-state index in [4.69, 9.17) is 0 Å². The second-order valence-corrected chi connectivity index (χ2v) is 3.33. The van der Waals surface area contributed by atoms with Gasteiger partial charge in [-0.15, -0.1) is 11.8 Å². The van der Waals surface area contributed by atoms with E-state index in [2.05, 4.69) is 18.1 Å². The summed E-state index contributed by atoms with van der Waals surface area (Å²) in [7, 11) is 2.05. The van der Waals surface area contributed by atoms with Crippen LogP contribution < -0.4 is 0 Å². The van der Waals surface area contributed by atoms with Gasteiger partial charge in [0.15, 0.2) is 0 Å². The predicted molar refractivity (Wildman–Crippen MR) is 54.7 cm³/mol. The lowest BCUT2D eigenvalue weighted by molar-refractivity contribution is 0.455. The summed E-state index contributed by atoms with van der Waals surface area (Å²) >= 11 is 1.79. The van der Waals surface area contributed by atoms with E-state index in [0.717, 1.165) is 22.9 Å². The van der Waals surface area contributed by atoms with E-state index in [0.29, 0.717) is 0 Å². The highest BCUT2D eigenvalue weighted by molar-refractivity contribution is 8.03. The van der Waals surface area contributed by atoms with Crippen molar-refractivity contribution in [3.63, 3.8) is 0 Å². The van der Waals surface area contributed by atoms with Crippen LogP contribution in [0.4, 0.5) is 0 Å². The number of likely N-dealkylation sites (N-methyl/N-ethyl adjacent to an activating group) is 1. The largest absolute Gasteiger partial charge is 0.373 e. The van der Waals surface area contributed by atoms with Crippen LogP contribution in [0.1, 0.15) is 13.8 Å². The topological polar surface area (TPSA) is 3.24 Å². The Labute approximate surface area is 74.2 Å². The lowest BCUT2D eigenvalue weighted by Gasteiger charge is -2.27. The third kappa shape index (κ3) is 3.02.